The van der Waals surface area contributed by atoms with Crippen LogP contribution >= 0.6 is 0 Å². The lowest BCUT2D eigenvalue weighted by molar-refractivity contribution is 0.177. The second-order valence-corrected chi connectivity index (χ2v) is 4.81. The number of aromatic nitrogens is 2. The largest absolute Gasteiger partial charge is 0.439 e. The molecule has 0 radical (unpaired) electrons. The van der Waals surface area contributed by atoms with E-state index in [0.717, 1.165) is 5.75 Å². The molecule has 2 rings (SSSR count). The zero-order valence-electron chi connectivity index (χ0n) is 12.0. The molecule has 5 heteroatoms. The van der Waals surface area contributed by atoms with Crippen LogP contribution in [0.1, 0.15) is 31.2 Å². The number of hydrogen-bond donors (Lipinski definition) is 1. The van der Waals surface area contributed by atoms with Crippen molar-refractivity contribution in [3.8, 4) is 11.6 Å². The molecular weight excluding hydrogens is 254 g/mol. The van der Waals surface area contributed by atoms with Crippen molar-refractivity contribution >= 4 is 5.82 Å². The van der Waals surface area contributed by atoms with E-state index in [1.54, 1.807) is 13.2 Å². The van der Waals surface area contributed by atoms with E-state index in [0.29, 0.717) is 30.0 Å². The summed E-state index contributed by atoms with van der Waals surface area (Å²) < 4.78 is 10.8. The molecule has 0 aliphatic carbocycles. The van der Waals surface area contributed by atoms with Crippen LogP contribution in [0.4, 0.5) is 5.82 Å². The van der Waals surface area contributed by atoms with E-state index in [-0.39, 0.29) is 0 Å². The van der Waals surface area contributed by atoms with Crippen molar-refractivity contribution in [1.29, 1.82) is 0 Å². The average Bonchev–Trinajstić information content (AvgIpc) is 2.38. The molecule has 106 valence electrons. The maximum Gasteiger partial charge on any atom is 0.224 e. The number of nitrogens with zero attached hydrogens (tertiary/aromatic N) is 2. The molecule has 0 unspecified atom stereocenters. The molecule has 1 heterocycles. The third kappa shape index (κ3) is 3.68. The molecule has 0 bridgehead atoms. The van der Waals surface area contributed by atoms with Gasteiger partial charge in [0.2, 0.25) is 5.88 Å². The SMILES string of the molecule is COCc1nc(N)cc(Oc2cccc(C(C)C)c2)n1. The van der Waals surface area contributed by atoms with Gasteiger partial charge in [-0.1, -0.05) is 26.0 Å². The Hall–Kier alpha value is -2.14. The quantitative estimate of drug-likeness (QED) is 0.906. The minimum absolute atomic E-state index is 0.299. The molecule has 5 nitrogen and oxygen atoms in total. The van der Waals surface area contributed by atoms with E-state index >= 15 is 0 Å². The number of ether oxygens (including phenoxy) is 2. The molecule has 0 saturated carbocycles. The van der Waals surface area contributed by atoms with Gasteiger partial charge in [0.1, 0.15) is 18.2 Å². The molecule has 0 amide bonds. The Morgan fingerprint density at radius 3 is 2.70 bits per heavy atom. The minimum atomic E-state index is 0.299. The van der Waals surface area contributed by atoms with Gasteiger partial charge in [0.25, 0.3) is 0 Å². The van der Waals surface area contributed by atoms with Gasteiger partial charge in [0, 0.05) is 13.2 Å². The zero-order chi connectivity index (χ0) is 14.5. The van der Waals surface area contributed by atoms with E-state index in [1.807, 2.05) is 18.2 Å². The van der Waals surface area contributed by atoms with Crippen molar-refractivity contribution in [2.75, 3.05) is 12.8 Å². The highest BCUT2D eigenvalue weighted by Gasteiger charge is 2.06. The van der Waals surface area contributed by atoms with Crippen LogP contribution in [0.3, 0.4) is 0 Å². The van der Waals surface area contributed by atoms with Crippen LogP contribution < -0.4 is 10.5 Å². The Morgan fingerprint density at radius 2 is 2.00 bits per heavy atom. The Kier molecular flexibility index (Phi) is 4.53. The van der Waals surface area contributed by atoms with E-state index in [2.05, 4.69) is 29.9 Å². The molecular formula is C15H19N3O2. The smallest absolute Gasteiger partial charge is 0.224 e. The van der Waals surface area contributed by atoms with Crippen LogP contribution in [-0.4, -0.2) is 17.1 Å². The number of nitrogen functional groups attached to an aromatic ring is 1. The highest BCUT2D eigenvalue weighted by atomic mass is 16.5. The van der Waals surface area contributed by atoms with Crippen LogP contribution in [0.25, 0.3) is 0 Å². The average molecular weight is 273 g/mol. The van der Waals surface area contributed by atoms with Crippen LogP contribution in [0, 0.1) is 0 Å². The summed E-state index contributed by atoms with van der Waals surface area (Å²) >= 11 is 0. The summed E-state index contributed by atoms with van der Waals surface area (Å²) in [5.41, 5.74) is 6.94. The molecule has 2 N–H and O–H groups in total. The summed E-state index contributed by atoms with van der Waals surface area (Å²) in [5.74, 6) is 2.46. The first-order valence-corrected chi connectivity index (χ1v) is 6.48. The fourth-order valence-electron chi connectivity index (χ4n) is 1.80. The highest BCUT2D eigenvalue weighted by Crippen LogP contribution is 2.24. The van der Waals surface area contributed by atoms with E-state index < -0.39 is 0 Å². The van der Waals surface area contributed by atoms with Crippen molar-refractivity contribution in [1.82, 2.24) is 9.97 Å². The number of benzene rings is 1. The standard InChI is InChI=1S/C15H19N3O2/c1-10(2)11-5-4-6-12(7-11)20-15-8-13(16)17-14(18-15)9-19-3/h4-8,10H,9H2,1-3H3,(H2,16,17,18). The number of methoxy groups -OCH3 is 1. The van der Waals surface area contributed by atoms with Gasteiger partial charge in [-0.2, -0.15) is 4.98 Å². The van der Waals surface area contributed by atoms with E-state index in [4.69, 9.17) is 15.2 Å². The lowest BCUT2D eigenvalue weighted by Gasteiger charge is -2.10. The third-order valence-electron chi connectivity index (χ3n) is 2.79. The van der Waals surface area contributed by atoms with Crippen LogP contribution in [0.5, 0.6) is 11.6 Å². The minimum Gasteiger partial charge on any atom is -0.439 e. The molecule has 2 aromatic rings. The molecule has 20 heavy (non-hydrogen) atoms. The molecule has 0 aliphatic rings. The Balaban J connectivity index is 2.23. The first kappa shape index (κ1) is 14.3. The van der Waals surface area contributed by atoms with Gasteiger partial charge in [0.15, 0.2) is 5.82 Å². The third-order valence-corrected chi connectivity index (χ3v) is 2.79. The fourth-order valence-corrected chi connectivity index (χ4v) is 1.80. The van der Waals surface area contributed by atoms with E-state index in [9.17, 15) is 0 Å². The van der Waals surface area contributed by atoms with Gasteiger partial charge in [-0.3, -0.25) is 0 Å². The van der Waals surface area contributed by atoms with Crippen molar-refractivity contribution in [2.24, 2.45) is 0 Å². The van der Waals surface area contributed by atoms with Crippen LogP contribution in [-0.2, 0) is 11.3 Å². The summed E-state index contributed by atoms with van der Waals surface area (Å²) in [6.45, 7) is 4.57. The maximum absolute atomic E-state index is 5.75. The molecule has 0 aliphatic heterocycles. The lowest BCUT2D eigenvalue weighted by atomic mass is 10.0. The molecule has 0 spiro atoms. The predicted octanol–water partition coefficient (Wildman–Crippen LogP) is 3.12. The molecule has 0 saturated heterocycles. The first-order valence-electron chi connectivity index (χ1n) is 6.48. The topological polar surface area (TPSA) is 70.3 Å². The second kappa shape index (κ2) is 6.34. The first-order chi connectivity index (χ1) is 9.58. The van der Waals surface area contributed by atoms with Gasteiger partial charge in [-0.05, 0) is 23.6 Å². The number of hydrogen-bond acceptors (Lipinski definition) is 5. The zero-order valence-corrected chi connectivity index (χ0v) is 12.0. The van der Waals surface area contributed by atoms with Gasteiger partial charge >= 0.3 is 0 Å². The van der Waals surface area contributed by atoms with Gasteiger partial charge in [-0.25, -0.2) is 4.98 Å². The Morgan fingerprint density at radius 1 is 1.20 bits per heavy atom. The van der Waals surface area contributed by atoms with E-state index in [1.165, 1.54) is 5.56 Å². The van der Waals surface area contributed by atoms with Crippen molar-refractivity contribution < 1.29 is 9.47 Å². The van der Waals surface area contributed by atoms with Crippen molar-refractivity contribution in [2.45, 2.75) is 26.4 Å². The lowest BCUT2D eigenvalue weighted by Crippen LogP contribution is -2.02. The van der Waals surface area contributed by atoms with Crippen molar-refractivity contribution in [3.63, 3.8) is 0 Å². The summed E-state index contributed by atoms with van der Waals surface area (Å²) in [4.78, 5) is 8.33. The molecule has 0 fully saturated rings. The number of rotatable bonds is 5. The van der Waals surface area contributed by atoms with Gasteiger partial charge < -0.3 is 15.2 Å². The summed E-state index contributed by atoms with van der Waals surface area (Å²) in [6.07, 6.45) is 0. The van der Waals surface area contributed by atoms with Crippen LogP contribution in [0.15, 0.2) is 30.3 Å². The summed E-state index contributed by atoms with van der Waals surface area (Å²) in [5, 5.41) is 0. The normalized spacial score (nSPS) is 10.8. The predicted molar refractivity (Wildman–Crippen MR) is 77.8 cm³/mol. The van der Waals surface area contributed by atoms with Gasteiger partial charge in [-0.15, -0.1) is 0 Å². The number of nitrogens with two attached hydrogens (primary N) is 1. The Labute approximate surface area is 118 Å². The second-order valence-electron chi connectivity index (χ2n) is 4.81. The highest BCUT2D eigenvalue weighted by molar-refractivity contribution is 5.37. The molecule has 1 aromatic heterocycles. The molecule has 1 aromatic carbocycles. The Bertz CT molecular complexity index is 585. The maximum atomic E-state index is 5.75. The monoisotopic (exact) mass is 273 g/mol. The molecule has 0 atom stereocenters. The van der Waals surface area contributed by atoms with Gasteiger partial charge in [0.05, 0.1) is 0 Å². The summed E-state index contributed by atoms with van der Waals surface area (Å²) in [6, 6.07) is 9.52. The summed E-state index contributed by atoms with van der Waals surface area (Å²) in [7, 11) is 1.58. The fraction of sp³-hybridized carbons (Fsp3) is 0.333. The number of anilines is 1. The van der Waals surface area contributed by atoms with Crippen LogP contribution in [0.2, 0.25) is 0 Å². The van der Waals surface area contributed by atoms with Crippen molar-refractivity contribution in [3.05, 3.63) is 41.7 Å².